The Bertz CT molecular complexity index is 778. The summed E-state index contributed by atoms with van der Waals surface area (Å²) in [6, 6.07) is 5.36. The minimum absolute atomic E-state index is 0.214. The molecule has 3 N–H and O–H groups in total. The second kappa shape index (κ2) is 9.89. The Morgan fingerprint density at radius 2 is 2.04 bits per heavy atom. The van der Waals surface area contributed by atoms with E-state index in [-0.39, 0.29) is 5.82 Å². The summed E-state index contributed by atoms with van der Waals surface area (Å²) in [4.78, 5) is 12.5. The number of halogens is 1. The molecule has 1 unspecified atom stereocenters. The standard InChI is InChI=1S/C21H33FN6/c1-4-27-9-11-28(12-10-27)16(2)14-26-21(23-3)24-8-7-17-15-25-20-13-18(22)5-6-19(17)20/h5-6,13,15-16,25H,4,7-12,14H2,1-3H3,(H2,23,24,26). The van der Waals surface area contributed by atoms with E-state index in [4.69, 9.17) is 0 Å². The van der Waals surface area contributed by atoms with Crippen molar-refractivity contribution in [1.29, 1.82) is 0 Å². The van der Waals surface area contributed by atoms with E-state index in [1.54, 1.807) is 7.05 Å². The van der Waals surface area contributed by atoms with Gasteiger partial charge < -0.3 is 20.5 Å². The molecule has 0 amide bonds. The number of piperazine rings is 1. The number of aromatic amines is 1. The number of likely N-dealkylation sites (N-methyl/N-ethyl adjacent to an activating group) is 1. The first-order chi connectivity index (χ1) is 13.6. The van der Waals surface area contributed by atoms with Gasteiger partial charge in [0, 0.05) is 69.5 Å². The Morgan fingerprint density at radius 1 is 1.25 bits per heavy atom. The largest absolute Gasteiger partial charge is 0.361 e. The molecular weight excluding hydrogens is 355 g/mol. The molecule has 2 aromatic rings. The van der Waals surface area contributed by atoms with E-state index in [1.807, 2.05) is 12.3 Å². The van der Waals surface area contributed by atoms with Gasteiger partial charge in [0.15, 0.2) is 5.96 Å². The van der Waals surface area contributed by atoms with Crippen molar-refractivity contribution in [3.63, 3.8) is 0 Å². The number of benzene rings is 1. The van der Waals surface area contributed by atoms with Crippen LogP contribution < -0.4 is 10.6 Å². The van der Waals surface area contributed by atoms with Crippen LogP contribution in [0.15, 0.2) is 29.4 Å². The number of nitrogens with one attached hydrogen (secondary N) is 3. The number of aromatic nitrogens is 1. The lowest BCUT2D eigenvalue weighted by atomic mass is 10.1. The number of guanidine groups is 1. The van der Waals surface area contributed by atoms with Gasteiger partial charge in [-0.05, 0) is 43.7 Å². The molecule has 6 nitrogen and oxygen atoms in total. The molecule has 3 rings (SSSR count). The first kappa shape index (κ1) is 20.6. The number of aliphatic imine (C=N–C) groups is 1. The monoisotopic (exact) mass is 388 g/mol. The van der Waals surface area contributed by atoms with Crippen LogP contribution in [0.25, 0.3) is 10.9 Å². The molecule has 1 aromatic heterocycles. The van der Waals surface area contributed by atoms with Crippen molar-refractivity contribution in [2.45, 2.75) is 26.3 Å². The fraction of sp³-hybridized carbons (Fsp3) is 0.571. The van der Waals surface area contributed by atoms with Gasteiger partial charge in [0.25, 0.3) is 0 Å². The molecule has 2 heterocycles. The predicted octanol–water partition coefficient (Wildman–Crippen LogP) is 2.04. The lowest BCUT2D eigenvalue weighted by Crippen LogP contribution is -2.53. The average Bonchev–Trinajstić information content (AvgIpc) is 3.12. The summed E-state index contributed by atoms with van der Waals surface area (Å²) < 4.78 is 13.3. The summed E-state index contributed by atoms with van der Waals surface area (Å²) in [5, 5.41) is 7.90. The molecule has 0 spiro atoms. The van der Waals surface area contributed by atoms with Gasteiger partial charge in [-0.2, -0.15) is 0 Å². The molecule has 0 saturated carbocycles. The van der Waals surface area contributed by atoms with E-state index >= 15 is 0 Å². The van der Waals surface area contributed by atoms with E-state index in [1.165, 1.54) is 17.7 Å². The van der Waals surface area contributed by atoms with Crippen molar-refractivity contribution in [3.05, 3.63) is 35.8 Å². The van der Waals surface area contributed by atoms with Crippen LogP contribution >= 0.6 is 0 Å². The van der Waals surface area contributed by atoms with Crippen LogP contribution in [0.4, 0.5) is 4.39 Å². The molecule has 28 heavy (non-hydrogen) atoms. The minimum atomic E-state index is -0.214. The van der Waals surface area contributed by atoms with E-state index in [2.05, 4.69) is 44.3 Å². The van der Waals surface area contributed by atoms with Gasteiger partial charge in [-0.1, -0.05) is 6.92 Å². The van der Waals surface area contributed by atoms with Gasteiger partial charge in [-0.3, -0.25) is 9.89 Å². The SMILES string of the molecule is CCN1CCN(C(C)CNC(=NC)NCCc2c[nH]c3cc(F)ccc23)CC1. The molecule has 0 radical (unpaired) electrons. The van der Waals surface area contributed by atoms with Gasteiger partial charge in [0.2, 0.25) is 0 Å². The maximum Gasteiger partial charge on any atom is 0.191 e. The highest BCUT2D eigenvalue weighted by Gasteiger charge is 2.20. The third-order valence-electron chi connectivity index (χ3n) is 5.68. The maximum atomic E-state index is 13.3. The smallest absolute Gasteiger partial charge is 0.191 e. The van der Waals surface area contributed by atoms with Crippen LogP contribution in [0.2, 0.25) is 0 Å². The van der Waals surface area contributed by atoms with Crippen LogP contribution in [0.1, 0.15) is 19.4 Å². The molecule has 1 aliphatic rings. The zero-order chi connectivity index (χ0) is 19.9. The van der Waals surface area contributed by atoms with Crippen molar-refractivity contribution in [3.8, 4) is 0 Å². The second-order valence-electron chi connectivity index (χ2n) is 7.45. The van der Waals surface area contributed by atoms with E-state index in [0.717, 1.165) is 69.1 Å². The molecule has 1 aliphatic heterocycles. The highest BCUT2D eigenvalue weighted by Crippen LogP contribution is 2.19. The van der Waals surface area contributed by atoms with Gasteiger partial charge >= 0.3 is 0 Å². The van der Waals surface area contributed by atoms with Crippen molar-refractivity contribution in [2.24, 2.45) is 4.99 Å². The summed E-state index contributed by atoms with van der Waals surface area (Å²) in [6.07, 6.45) is 2.81. The Kier molecular flexibility index (Phi) is 7.28. The molecule has 1 aromatic carbocycles. The summed E-state index contributed by atoms with van der Waals surface area (Å²) in [7, 11) is 1.80. The van der Waals surface area contributed by atoms with Crippen LogP contribution in [0, 0.1) is 5.82 Å². The fourth-order valence-electron chi connectivity index (χ4n) is 3.80. The number of rotatable bonds is 7. The molecule has 0 aliphatic carbocycles. The summed E-state index contributed by atoms with van der Waals surface area (Å²) >= 11 is 0. The topological polar surface area (TPSA) is 58.7 Å². The summed E-state index contributed by atoms with van der Waals surface area (Å²) in [5.74, 6) is 0.610. The quantitative estimate of drug-likeness (QED) is 0.502. The Morgan fingerprint density at radius 3 is 2.75 bits per heavy atom. The van der Waals surface area contributed by atoms with E-state index in [0.29, 0.717) is 6.04 Å². The lowest BCUT2D eigenvalue weighted by Gasteiger charge is -2.37. The zero-order valence-corrected chi connectivity index (χ0v) is 17.3. The van der Waals surface area contributed by atoms with E-state index < -0.39 is 0 Å². The van der Waals surface area contributed by atoms with Gasteiger partial charge in [-0.25, -0.2) is 4.39 Å². The van der Waals surface area contributed by atoms with Gasteiger partial charge in [0.05, 0.1) is 0 Å². The van der Waals surface area contributed by atoms with Crippen molar-refractivity contribution in [2.75, 3.05) is 52.9 Å². The third kappa shape index (κ3) is 5.23. The second-order valence-corrected chi connectivity index (χ2v) is 7.45. The molecular formula is C21H33FN6. The molecule has 1 fully saturated rings. The highest BCUT2D eigenvalue weighted by molar-refractivity contribution is 5.83. The Balaban J connectivity index is 1.42. The lowest BCUT2D eigenvalue weighted by molar-refractivity contribution is 0.107. The van der Waals surface area contributed by atoms with Crippen molar-refractivity contribution in [1.82, 2.24) is 25.4 Å². The molecule has 1 saturated heterocycles. The fourth-order valence-corrected chi connectivity index (χ4v) is 3.80. The van der Waals surface area contributed by atoms with Gasteiger partial charge in [-0.15, -0.1) is 0 Å². The molecule has 154 valence electrons. The highest BCUT2D eigenvalue weighted by atomic mass is 19.1. The summed E-state index contributed by atoms with van der Waals surface area (Å²) in [5.41, 5.74) is 2.02. The minimum Gasteiger partial charge on any atom is -0.361 e. The normalized spacial score (nSPS) is 17.8. The van der Waals surface area contributed by atoms with Crippen LogP contribution in [0.5, 0.6) is 0 Å². The third-order valence-corrected chi connectivity index (χ3v) is 5.68. The number of fused-ring (bicyclic) bond motifs is 1. The molecule has 7 heteroatoms. The van der Waals surface area contributed by atoms with Crippen LogP contribution in [-0.4, -0.2) is 79.6 Å². The summed E-state index contributed by atoms with van der Waals surface area (Å²) in [6.45, 7) is 11.9. The first-order valence-corrected chi connectivity index (χ1v) is 10.3. The molecule has 0 bridgehead atoms. The van der Waals surface area contributed by atoms with Gasteiger partial charge in [0.1, 0.15) is 5.82 Å². The number of nitrogens with zero attached hydrogens (tertiary/aromatic N) is 3. The predicted molar refractivity (Wildman–Crippen MR) is 114 cm³/mol. The number of hydrogen-bond acceptors (Lipinski definition) is 3. The maximum absolute atomic E-state index is 13.3. The van der Waals surface area contributed by atoms with Crippen molar-refractivity contribution >= 4 is 16.9 Å². The first-order valence-electron chi connectivity index (χ1n) is 10.3. The molecule has 1 atom stereocenters. The van der Waals surface area contributed by atoms with Crippen LogP contribution in [-0.2, 0) is 6.42 Å². The van der Waals surface area contributed by atoms with E-state index in [9.17, 15) is 4.39 Å². The Labute approximate surface area is 167 Å². The van der Waals surface area contributed by atoms with Crippen molar-refractivity contribution < 1.29 is 4.39 Å². The average molecular weight is 389 g/mol. The zero-order valence-electron chi connectivity index (χ0n) is 17.3. The Hall–Kier alpha value is -2.12. The number of H-pyrrole nitrogens is 1. The van der Waals surface area contributed by atoms with Crippen LogP contribution in [0.3, 0.4) is 0 Å². The number of hydrogen-bond donors (Lipinski definition) is 3.